The highest BCUT2D eigenvalue weighted by atomic mass is 16.3. The zero-order valence-corrected chi connectivity index (χ0v) is 9.70. The van der Waals surface area contributed by atoms with Gasteiger partial charge in [0.15, 0.2) is 0 Å². The first-order chi connectivity index (χ1) is 7.20. The third-order valence-corrected chi connectivity index (χ3v) is 3.74. The highest BCUT2D eigenvalue weighted by Crippen LogP contribution is 2.39. The minimum absolute atomic E-state index is 0.382. The average molecular weight is 207 g/mol. The van der Waals surface area contributed by atoms with E-state index < -0.39 is 0 Å². The predicted octanol–water partition coefficient (Wildman–Crippen LogP) is 3.21. The summed E-state index contributed by atoms with van der Waals surface area (Å²) < 4.78 is 5.40. The molecule has 0 bridgehead atoms. The van der Waals surface area contributed by atoms with E-state index in [1.807, 2.05) is 13.2 Å². The Morgan fingerprint density at radius 1 is 1.47 bits per heavy atom. The van der Waals surface area contributed by atoms with Gasteiger partial charge in [0, 0.05) is 6.04 Å². The first kappa shape index (κ1) is 10.7. The summed E-state index contributed by atoms with van der Waals surface area (Å²) in [6.45, 7) is 4.29. The van der Waals surface area contributed by atoms with Crippen molar-refractivity contribution in [2.75, 3.05) is 0 Å². The quantitative estimate of drug-likeness (QED) is 0.808. The first-order valence-corrected chi connectivity index (χ1v) is 6.01. The lowest BCUT2D eigenvalue weighted by Gasteiger charge is -2.33. The van der Waals surface area contributed by atoms with Crippen molar-refractivity contribution in [3.8, 4) is 0 Å². The topological polar surface area (TPSA) is 39.2 Å². The second-order valence-corrected chi connectivity index (χ2v) is 4.84. The number of furan rings is 1. The van der Waals surface area contributed by atoms with E-state index in [0.29, 0.717) is 12.0 Å². The molecular weight excluding hydrogens is 186 g/mol. The monoisotopic (exact) mass is 207 g/mol. The van der Waals surface area contributed by atoms with Gasteiger partial charge < -0.3 is 10.2 Å². The van der Waals surface area contributed by atoms with Crippen LogP contribution in [0.15, 0.2) is 16.7 Å². The molecule has 3 unspecified atom stereocenters. The molecule has 0 saturated heterocycles. The molecule has 0 spiro atoms. The van der Waals surface area contributed by atoms with Crippen LogP contribution in [0, 0.1) is 12.8 Å². The van der Waals surface area contributed by atoms with Gasteiger partial charge in [0.2, 0.25) is 0 Å². The maximum Gasteiger partial charge on any atom is 0.100 e. The minimum atomic E-state index is 0.382. The molecule has 1 aromatic heterocycles. The predicted molar refractivity (Wildman–Crippen MR) is 61.8 cm³/mol. The summed E-state index contributed by atoms with van der Waals surface area (Å²) in [5.74, 6) is 2.43. The Hall–Kier alpha value is -0.760. The lowest BCUT2D eigenvalue weighted by molar-refractivity contribution is 0.272. The number of rotatable bonds is 2. The van der Waals surface area contributed by atoms with Crippen molar-refractivity contribution >= 4 is 0 Å². The van der Waals surface area contributed by atoms with Gasteiger partial charge in [-0.2, -0.15) is 0 Å². The fourth-order valence-corrected chi connectivity index (χ4v) is 2.82. The van der Waals surface area contributed by atoms with Gasteiger partial charge in [-0.1, -0.05) is 13.3 Å². The molecule has 2 N–H and O–H groups in total. The smallest absolute Gasteiger partial charge is 0.100 e. The van der Waals surface area contributed by atoms with Gasteiger partial charge in [0.25, 0.3) is 0 Å². The van der Waals surface area contributed by atoms with Crippen molar-refractivity contribution < 1.29 is 4.42 Å². The van der Waals surface area contributed by atoms with Gasteiger partial charge in [-0.15, -0.1) is 0 Å². The van der Waals surface area contributed by atoms with Crippen LogP contribution in [0.5, 0.6) is 0 Å². The van der Waals surface area contributed by atoms with Gasteiger partial charge in [0.05, 0.1) is 6.26 Å². The van der Waals surface area contributed by atoms with Crippen molar-refractivity contribution in [1.82, 2.24) is 0 Å². The van der Waals surface area contributed by atoms with E-state index in [4.69, 9.17) is 10.2 Å². The number of aryl methyl sites for hydroxylation is 1. The fourth-order valence-electron chi connectivity index (χ4n) is 2.82. The van der Waals surface area contributed by atoms with Crippen LogP contribution < -0.4 is 5.73 Å². The standard InChI is InChI=1S/C13H21NO/c1-3-10-4-5-12(14)7-13(10)11-6-9(2)15-8-11/h6,8,10,12-13H,3-5,7,14H2,1-2H3. The average Bonchev–Trinajstić information content (AvgIpc) is 2.65. The lowest BCUT2D eigenvalue weighted by Crippen LogP contribution is -2.31. The molecule has 2 heteroatoms. The Balaban J connectivity index is 2.16. The molecule has 1 saturated carbocycles. The highest BCUT2D eigenvalue weighted by Gasteiger charge is 2.29. The van der Waals surface area contributed by atoms with Crippen LogP contribution >= 0.6 is 0 Å². The summed E-state index contributed by atoms with van der Waals surface area (Å²) in [7, 11) is 0. The van der Waals surface area contributed by atoms with Crippen LogP contribution in [0.25, 0.3) is 0 Å². The van der Waals surface area contributed by atoms with Crippen molar-refractivity contribution in [2.24, 2.45) is 11.7 Å². The lowest BCUT2D eigenvalue weighted by atomic mass is 9.73. The molecule has 1 aromatic rings. The zero-order chi connectivity index (χ0) is 10.8. The van der Waals surface area contributed by atoms with Gasteiger partial charge in [0.1, 0.15) is 5.76 Å². The molecule has 0 radical (unpaired) electrons. The van der Waals surface area contributed by atoms with Crippen molar-refractivity contribution in [2.45, 2.75) is 51.5 Å². The molecule has 2 nitrogen and oxygen atoms in total. The van der Waals surface area contributed by atoms with Crippen LogP contribution in [0.4, 0.5) is 0 Å². The molecule has 0 amide bonds. The van der Waals surface area contributed by atoms with Crippen molar-refractivity contribution in [3.63, 3.8) is 0 Å². The van der Waals surface area contributed by atoms with Gasteiger partial charge in [-0.05, 0) is 49.7 Å². The zero-order valence-electron chi connectivity index (χ0n) is 9.70. The molecule has 1 fully saturated rings. The van der Waals surface area contributed by atoms with Crippen molar-refractivity contribution in [1.29, 1.82) is 0 Å². The summed E-state index contributed by atoms with van der Waals surface area (Å²) in [5, 5.41) is 0. The SMILES string of the molecule is CCC1CCC(N)CC1c1coc(C)c1. The van der Waals surface area contributed by atoms with E-state index in [-0.39, 0.29) is 0 Å². The Kier molecular flexibility index (Phi) is 3.15. The van der Waals surface area contributed by atoms with Gasteiger partial charge in [-0.25, -0.2) is 0 Å². The van der Waals surface area contributed by atoms with Crippen LogP contribution in [-0.4, -0.2) is 6.04 Å². The molecule has 3 atom stereocenters. The Labute approximate surface area is 91.8 Å². The molecule has 0 aromatic carbocycles. The molecular formula is C13H21NO. The van der Waals surface area contributed by atoms with E-state index >= 15 is 0 Å². The maximum atomic E-state index is 6.06. The van der Waals surface area contributed by atoms with E-state index in [9.17, 15) is 0 Å². The summed E-state index contributed by atoms with van der Waals surface area (Å²) in [6, 6.07) is 2.55. The van der Waals surface area contributed by atoms with Crippen LogP contribution in [0.1, 0.15) is 49.8 Å². The van der Waals surface area contributed by atoms with Crippen molar-refractivity contribution in [3.05, 3.63) is 23.7 Å². The molecule has 0 aliphatic heterocycles. The van der Waals surface area contributed by atoms with E-state index in [1.54, 1.807) is 0 Å². The summed E-state index contributed by atoms with van der Waals surface area (Å²) in [6.07, 6.45) is 6.75. The Bertz CT molecular complexity index is 318. The minimum Gasteiger partial charge on any atom is -0.469 e. The first-order valence-electron chi connectivity index (χ1n) is 6.01. The molecule has 1 heterocycles. The maximum absolute atomic E-state index is 6.06. The summed E-state index contributed by atoms with van der Waals surface area (Å²) in [4.78, 5) is 0. The molecule has 1 aliphatic carbocycles. The number of nitrogens with two attached hydrogens (primary N) is 1. The fraction of sp³-hybridized carbons (Fsp3) is 0.692. The van der Waals surface area contributed by atoms with E-state index in [0.717, 1.165) is 18.1 Å². The van der Waals surface area contributed by atoms with Crippen LogP contribution in [0.3, 0.4) is 0 Å². The van der Waals surface area contributed by atoms with Gasteiger partial charge >= 0.3 is 0 Å². The van der Waals surface area contributed by atoms with E-state index in [1.165, 1.54) is 24.8 Å². The third kappa shape index (κ3) is 2.25. The van der Waals surface area contributed by atoms with E-state index in [2.05, 4.69) is 13.0 Å². The Morgan fingerprint density at radius 3 is 2.87 bits per heavy atom. The second-order valence-electron chi connectivity index (χ2n) is 4.84. The van der Waals surface area contributed by atoms with Crippen LogP contribution in [0.2, 0.25) is 0 Å². The summed E-state index contributed by atoms with van der Waals surface area (Å²) >= 11 is 0. The Morgan fingerprint density at radius 2 is 2.27 bits per heavy atom. The molecule has 2 rings (SSSR count). The second kappa shape index (κ2) is 4.40. The third-order valence-electron chi connectivity index (χ3n) is 3.74. The summed E-state index contributed by atoms with van der Waals surface area (Å²) in [5.41, 5.74) is 7.41. The number of hydrogen-bond donors (Lipinski definition) is 1. The largest absolute Gasteiger partial charge is 0.469 e. The molecule has 84 valence electrons. The van der Waals surface area contributed by atoms with Gasteiger partial charge in [-0.3, -0.25) is 0 Å². The number of hydrogen-bond acceptors (Lipinski definition) is 2. The highest BCUT2D eigenvalue weighted by molar-refractivity contribution is 5.19. The molecule has 15 heavy (non-hydrogen) atoms. The normalized spacial score (nSPS) is 31.8. The van der Waals surface area contributed by atoms with Crippen LogP contribution in [-0.2, 0) is 0 Å². The molecule has 1 aliphatic rings.